The highest BCUT2D eigenvalue weighted by Gasteiger charge is 2.46. The zero-order valence-corrected chi connectivity index (χ0v) is 13.8. The maximum Gasteiger partial charge on any atom is 0.257 e. The van der Waals surface area contributed by atoms with Gasteiger partial charge >= 0.3 is 0 Å². The summed E-state index contributed by atoms with van der Waals surface area (Å²) in [4.78, 5) is 18.8. The number of rotatable bonds is 4. The summed E-state index contributed by atoms with van der Waals surface area (Å²) in [5, 5.41) is 4.15. The Morgan fingerprint density at radius 2 is 1.92 bits per heavy atom. The predicted octanol–water partition coefficient (Wildman–Crippen LogP) is 2.65. The second-order valence-corrected chi connectivity index (χ2v) is 6.54. The third-order valence-electron chi connectivity index (χ3n) is 5.11. The summed E-state index contributed by atoms with van der Waals surface area (Å²) in [5.74, 6) is 1.38. The van der Waals surface area contributed by atoms with Crippen molar-refractivity contribution in [2.45, 2.75) is 31.6 Å². The molecule has 1 aliphatic carbocycles. The van der Waals surface area contributed by atoms with Gasteiger partial charge in [0.15, 0.2) is 5.82 Å². The van der Waals surface area contributed by atoms with Gasteiger partial charge in [-0.3, -0.25) is 4.79 Å². The highest BCUT2D eigenvalue weighted by atomic mass is 16.5. The normalized spacial score (nSPS) is 19.3. The topological polar surface area (TPSA) is 68.5 Å². The average molecular weight is 327 g/mol. The lowest BCUT2D eigenvalue weighted by atomic mass is 10.0. The summed E-state index contributed by atoms with van der Waals surface area (Å²) in [7, 11) is 0. The molecule has 0 spiro atoms. The molecule has 2 aliphatic rings. The summed E-state index contributed by atoms with van der Waals surface area (Å²) in [6.07, 6.45) is 3.31. The van der Waals surface area contributed by atoms with Crippen LogP contribution in [0, 0.1) is 0 Å². The van der Waals surface area contributed by atoms with Crippen molar-refractivity contribution < 1.29 is 14.1 Å². The predicted molar refractivity (Wildman–Crippen MR) is 87.7 cm³/mol. The first kappa shape index (κ1) is 15.3. The first-order chi connectivity index (χ1) is 11.7. The van der Waals surface area contributed by atoms with E-state index in [-0.39, 0.29) is 11.3 Å². The lowest BCUT2D eigenvalue weighted by Crippen LogP contribution is -2.40. The van der Waals surface area contributed by atoms with Gasteiger partial charge in [-0.15, -0.1) is 0 Å². The minimum atomic E-state index is 0.0407. The van der Waals surface area contributed by atoms with Crippen LogP contribution >= 0.6 is 0 Å². The number of hydrogen-bond donors (Lipinski definition) is 0. The molecule has 1 amide bonds. The molecular formula is C18H21N3O3. The molecule has 1 aromatic carbocycles. The molecule has 0 bridgehead atoms. The van der Waals surface area contributed by atoms with Crippen LogP contribution in [-0.2, 0) is 10.2 Å². The maximum absolute atomic E-state index is 12.4. The van der Waals surface area contributed by atoms with Crippen molar-refractivity contribution in [3.05, 3.63) is 35.7 Å². The standard InChI is InChI=1S/C18H21N3O3/c1-2-18(7-8-18)17-19-15(24-20-17)13-3-5-14(6-4-13)16(22)21-9-11-23-12-10-21/h3-6H,2,7-12H2,1H3. The maximum atomic E-state index is 12.4. The van der Waals surface area contributed by atoms with Gasteiger partial charge in [0.05, 0.1) is 13.2 Å². The zero-order chi connectivity index (χ0) is 16.6. The molecule has 4 rings (SSSR count). The van der Waals surface area contributed by atoms with Gasteiger partial charge < -0.3 is 14.2 Å². The Labute approximate surface area is 140 Å². The molecule has 6 heteroatoms. The van der Waals surface area contributed by atoms with Crippen molar-refractivity contribution in [1.82, 2.24) is 15.0 Å². The Kier molecular flexibility index (Phi) is 3.84. The number of nitrogens with zero attached hydrogens (tertiary/aromatic N) is 3. The van der Waals surface area contributed by atoms with Crippen molar-refractivity contribution in [2.75, 3.05) is 26.3 Å². The lowest BCUT2D eigenvalue weighted by Gasteiger charge is -2.26. The van der Waals surface area contributed by atoms with Crippen molar-refractivity contribution in [3.63, 3.8) is 0 Å². The van der Waals surface area contributed by atoms with Crippen LogP contribution in [0.2, 0.25) is 0 Å². The zero-order valence-electron chi connectivity index (χ0n) is 13.8. The second kappa shape index (κ2) is 6.02. The van der Waals surface area contributed by atoms with E-state index >= 15 is 0 Å². The van der Waals surface area contributed by atoms with E-state index in [2.05, 4.69) is 17.1 Å². The number of carbonyl (C=O) groups excluding carboxylic acids is 1. The second-order valence-electron chi connectivity index (χ2n) is 6.54. The van der Waals surface area contributed by atoms with E-state index in [0.717, 1.165) is 30.7 Å². The Morgan fingerprint density at radius 1 is 1.21 bits per heavy atom. The highest BCUT2D eigenvalue weighted by molar-refractivity contribution is 5.94. The molecule has 0 radical (unpaired) electrons. The molecule has 1 aliphatic heterocycles. The molecule has 0 unspecified atom stereocenters. The Hall–Kier alpha value is -2.21. The van der Waals surface area contributed by atoms with Gasteiger partial charge in [0.1, 0.15) is 0 Å². The fraction of sp³-hybridized carbons (Fsp3) is 0.500. The number of morpholine rings is 1. The van der Waals surface area contributed by atoms with Crippen molar-refractivity contribution in [1.29, 1.82) is 0 Å². The third kappa shape index (κ3) is 2.71. The van der Waals surface area contributed by atoms with Crippen LogP contribution < -0.4 is 0 Å². The highest BCUT2D eigenvalue weighted by Crippen LogP contribution is 2.49. The number of amides is 1. The van der Waals surface area contributed by atoms with E-state index in [0.29, 0.717) is 37.8 Å². The van der Waals surface area contributed by atoms with Crippen LogP contribution in [0.1, 0.15) is 42.4 Å². The molecular weight excluding hydrogens is 306 g/mol. The van der Waals surface area contributed by atoms with Gasteiger partial charge in [-0.1, -0.05) is 12.1 Å². The smallest absolute Gasteiger partial charge is 0.257 e. The summed E-state index contributed by atoms with van der Waals surface area (Å²) in [6, 6.07) is 7.39. The summed E-state index contributed by atoms with van der Waals surface area (Å²) < 4.78 is 10.7. The first-order valence-corrected chi connectivity index (χ1v) is 8.53. The number of ether oxygens (including phenoxy) is 1. The van der Waals surface area contributed by atoms with Gasteiger partial charge in [-0.2, -0.15) is 4.98 Å². The quantitative estimate of drug-likeness (QED) is 0.863. The molecule has 0 atom stereocenters. The van der Waals surface area contributed by atoms with Crippen molar-refractivity contribution >= 4 is 5.91 Å². The molecule has 24 heavy (non-hydrogen) atoms. The summed E-state index contributed by atoms with van der Waals surface area (Å²) in [5.41, 5.74) is 1.65. The van der Waals surface area contributed by atoms with Crippen LogP contribution in [0.5, 0.6) is 0 Å². The van der Waals surface area contributed by atoms with Crippen LogP contribution in [-0.4, -0.2) is 47.3 Å². The summed E-state index contributed by atoms with van der Waals surface area (Å²) in [6.45, 7) is 4.66. The Balaban J connectivity index is 1.50. The van der Waals surface area contributed by atoms with Crippen molar-refractivity contribution in [2.24, 2.45) is 0 Å². The minimum Gasteiger partial charge on any atom is -0.378 e. The van der Waals surface area contributed by atoms with Crippen LogP contribution in [0.25, 0.3) is 11.5 Å². The molecule has 126 valence electrons. The van der Waals surface area contributed by atoms with Gasteiger partial charge in [-0.25, -0.2) is 0 Å². The molecule has 2 aromatic rings. The molecule has 1 saturated carbocycles. The Bertz CT molecular complexity index is 728. The van der Waals surface area contributed by atoms with Gasteiger partial charge in [0.25, 0.3) is 11.8 Å². The largest absolute Gasteiger partial charge is 0.378 e. The van der Waals surface area contributed by atoms with Gasteiger partial charge in [0.2, 0.25) is 0 Å². The summed E-state index contributed by atoms with van der Waals surface area (Å²) >= 11 is 0. The monoisotopic (exact) mass is 327 g/mol. The Morgan fingerprint density at radius 3 is 2.54 bits per heavy atom. The molecule has 1 aromatic heterocycles. The van der Waals surface area contributed by atoms with E-state index in [4.69, 9.17) is 9.26 Å². The SMILES string of the molecule is CCC1(c2noc(-c3ccc(C(=O)N4CCOCC4)cc3)n2)CC1. The lowest BCUT2D eigenvalue weighted by molar-refractivity contribution is 0.0303. The van der Waals surface area contributed by atoms with Gasteiger partial charge in [-0.05, 0) is 43.5 Å². The van der Waals surface area contributed by atoms with Gasteiger partial charge in [0, 0.05) is 29.6 Å². The number of benzene rings is 1. The number of carbonyl (C=O) groups is 1. The van der Waals surface area contributed by atoms with Crippen LogP contribution in [0.3, 0.4) is 0 Å². The van der Waals surface area contributed by atoms with E-state index < -0.39 is 0 Å². The number of aromatic nitrogens is 2. The molecule has 1 saturated heterocycles. The third-order valence-corrected chi connectivity index (χ3v) is 5.11. The fourth-order valence-electron chi connectivity index (χ4n) is 3.15. The first-order valence-electron chi connectivity index (χ1n) is 8.53. The molecule has 2 heterocycles. The number of hydrogen-bond acceptors (Lipinski definition) is 5. The van der Waals surface area contributed by atoms with E-state index in [9.17, 15) is 4.79 Å². The minimum absolute atomic E-state index is 0.0407. The molecule has 6 nitrogen and oxygen atoms in total. The fourth-order valence-corrected chi connectivity index (χ4v) is 3.15. The van der Waals surface area contributed by atoms with Crippen molar-refractivity contribution in [3.8, 4) is 11.5 Å². The molecule has 2 fully saturated rings. The van der Waals surface area contributed by atoms with E-state index in [1.165, 1.54) is 0 Å². The van der Waals surface area contributed by atoms with Crippen LogP contribution in [0.15, 0.2) is 28.8 Å². The van der Waals surface area contributed by atoms with E-state index in [1.54, 1.807) is 0 Å². The molecule has 0 N–H and O–H groups in total. The van der Waals surface area contributed by atoms with Crippen LogP contribution in [0.4, 0.5) is 0 Å². The van der Waals surface area contributed by atoms with E-state index in [1.807, 2.05) is 29.2 Å². The average Bonchev–Trinajstić information content (AvgIpc) is 3.30.